The highest BCUT2D eigenvalue weighted by Gasteiger charge is 2.29. The summed E-state index contributed by atoms with van der Waals surface area (Å²) >= 11 is 0. The number of piperidine rings is 1. The Hall–Kier alpha value is -6.21. The maximum Gasteiger partial charge on any atom is 0.243 e. The van der Waals surface area contributed by atoms with Gasteiger partial charge in [0.25, 0.3) is 0 Å². The monoisotopic (exact) mass is 790 g/mol. The zero-order chi connectivity index (χ0) is 41.4. The number of nitrogens with one attached hydrogen (secondary N) is 4. The van der Waals surface area contributed by atoms with Crippen LogP contribution in [-0.4, -0.2) is 89.4 Å². The van der Waals surface area contributed by atoms with Gasteiger partial charge in [-0.05, 0) is 67.1 Å². The van der Waals surface area contributed by atoms with Crippen molar-refractivity contribution in [2.24, 2.45) is 5.73 Å². The van der Waals surface area contributed by atoms with Crippen LogP contribution in [0.25, 0.3) is 0 Å². The van der Waals surface area contributed by atoms with Crippen LogP contribution in [0.5, 0.6) is 11.5 Å². The number of carbonyl (C=O) groups is 5. The topological polar surface area (TPSA) is 192 Å². The zero-order valence-corrected chi connectivity index (χ0v) is 33.1. The third kappa shape index (κ3) is 13.5. The minimum absolute atomic E-state index is 0.0589. The van der Waals surface area contributed by atoms with Crippen LogP contribution in [0.4, 0.5) is 0 Å². The Morgan fingerprint density at radius 3 is 1.84 bits per heavy atom. The highest BCUT2D eigenvalue weighted by atomic mass is 16.5. The maximum atomic E-state index is 13.6. The average Bonchev–Trinajstić information content (AvgIpc) is 3.22. The van der Waals surface area contributed by atoms with Gasteiger partial charge in [0.05, 0.1) is 0 Å². The highest BCUT2D eigenvalue weighted by Crippen LogP contribution is 2.25. The van der Waals surface area contributed by atoms with E-state index in [9.17, 15) is 29.1 Å². The fourth-order valence-electron chi connectivity index (χ4n) is 6.77. The van der Waals surface area contributed by atoms with Gasteiger partial charge >= 0.3 is 0 Å². The van der Waals surface area contributed by atoms with Crippen LogP contribution < -0.4 is 31.7 Å². The summed E-state index contributed by atoms with van der Waals surface area (Å²) < 4.78 is 6.47. The summed E-state index contributed by atoms with van der Waals surface area (Å²) in [5.74, 6) is -1.95. The molecule has 0 aliphatic carbocycles. The van der Waals surface area contributed by atoms with E-state index in [-0.39, 0.29) is 37.0 Å². The van der Waals surface area contributed by atoms with Crippen molar-refractivity contribution in [1.29, 1.82) is 0 Å². The van der Waals surface area contributed by atoms with E-state index in [1.54, 1.807) is 12.1 Å². The lowest BCUT2D eigenvalue weighted by atomic mass is 10.0. The second-order valence-corrected chi connectivity index (χ2v) is 14.8. The van der Waals surface area contributed by atoms with Crippen molar-refractivity contribution >= 4 is 29.5 Å². The van der Waals surface area contributed by atoms with Crippen molar-refractivity contribution in [3.05, 3.63) is 131 Å². The molecule has 0 radical (unpaired) electrons. The Morgan fingerprint density at radius 1 is 0.672 bits per heavy atom. The van der Waals surface area contributed by atoms with Crippen molar-refractivity contribution in [3.63, 3.8) is 0 Å². The molecule has 306 valence electrons. The first-order valence-electron chi connectivity index (χ1n) is 19.8. The summed E-state index contributed by atoms with van der Waals surface area (Å²) in [5, 5.41) is 20.4. The van der Waals surface area contributed by atoms with Gasteiger partial charge in [0, 0.05) is 45.3 Å². The quantitative estimate of drug-likeness (QED) is 0.0835. The zero-order valence-electron chi connectivity index (χ0n) is 33.1. The molecule has 1 aliphatic heterocycles. The Labute approximate surface area is 339 Å². The van der Waals surface area contributed by atoms with Crippen LogP contribution in [0.15, 0.2) is 109 Å². The van der Waals surface area contributed by atoms with Crippen LogP contribution >= 0.6 is 0 Å². The molecule has 1 heterocycles. The molecule has 5 amide bonds. The molecule has 58 heavy (non-hydrogen) atoms. The fraction of sp³-hybridized carbons (Fsp3) is 0.356. The lowest BCUT2D eigenvalue weighted by Crippen LogP contribution is -2.57. The highest BCUT2D eigenvalue weighted by molar-refractivity contribution is 5.95. The largest absolute Gasteiger partial charge is 0.508 e. The second kappa shape index (κ2) is 21.4. The van der Waals surface area contributed by atoms with E-state index in [0.29, 0.717) is 12.1 Å². The number of nitrogens with zero attached hydrogens (tertiary/aromatic N) is 1. The molecule has 0 bridgehead atoms. The number of aromatic hydroxyl groups is 1. The molecule has 13 nitrogen and oxygen atoms in total. The van der Waals surface area contributed by atoms with Crippen molar-refractivity contribution in [3.8, 4) is 11.5 Å². The van der Waals surface area contributed by atoms with Gasteiger partial charge in [0.2, 0.25) is 29.5 Å². The van der Waals surface area contributed by atoms with Gasteiger partial charge in [0.1, 0.15) is 41.8 Å². The predicted molar refractivity (Wildman–Crippen MR) is 221 cm³/mol. The number of rotatable bonds is 19. The van der Waals surface area contributed by atoms with Gasteiger partial charge in [0.15, 0.2) is 0 Å². The number of ether oxygens (including phenoxy) is 1. The summed E-state index contributed by atoms with van der Waals surface area (Å²) in [4.78, 5) is 67.2. The molecule has 4 aromatic rings. The summed E-state index contributed by atoms with van der Waals surface area (Å²) in [6.45, 7) is 4.94. The summed E-state index contributed by atoms with van der Waals surface area (Å²) in [6, 6.07) is 29.6. The van der Waals surface area contributed by atoms with Crippen LogP contribution in [0.3, 0.4) is 0 Å². The van der Waals surface area contributed by atoms with Crippen LogP contribution in [0, 0.1) is 0 Å². The van der Waals surface area contributed by atoms with E-state index in [2.05, 4.69) is 44.4 Å². The van der Waals surface area contributed by atoms with Gasteiger partial charge in [-0.25, -0.2) is 0 Å². The van der Waals surface area contributed by atoms with Crippen molar-refractivity contribution in [2.75, 3.05) is 19.6 Å². The van der Waals surface area contributed by atoms with Crippen LogP contribution in [0.1, 0.15) is 55.4 Å². The number of likely N-dealkylation sites (tertiary alicyclic amines) is 1. The Balaban J connectivity index is 1.10. The Bertz CT molecular complexity index is 1970. The van der Waals surface area contributed by atoms with E-state index in [1.807, 2.05) is 66.7 Å². The van der Waals surface area contributed by atoms with E-state index >= 15 is 0 Å². The first kappa shape index (κ1) is 42.9. The molecule has 7 N–H and O–H groups in total. The van der Waals surface area contributed by atoms with Gasteiger partial charge < -0.3 is 41.7 Å². The molecule has 1 saturated heterocycles. The molecular weight excluding hydrogens is 737 g/mol. The Morgan fingerprint density at radius 2 is 1.21 bits per heavy atom. The molecule has 0 aromatic heterocycles. The third-order valence-electron chi connectivity index (χ3n) is 10.2. The third-order valence-corrected chi connectivity index (χ3v) is 10.2. The van der Waals surface area contributed by atoms with Crippen molar-refractivity contribution < 1.29 is 33.8 Å². The molecule has 5 rings (SSSR count). The van der Waals surface area contributed by atoms with E-state index in [0.717, 1.165) is 49.2 Å². The van der Waals surface area contributed by atoms with Gasteiger partial charge in [-0.3, -0.25) is 24.0 Å². The minimum atomic E-state index is -1.08. The van der Waals surface area contributed by atoms with Gasteiger partial charge in [-0.15, -0.1) is 0 Å². The lowest BCUT2D eigenvalue weighted by Gasteiger charge is -2.32. The summed E-state index contributed by atoms with van der Waals surface area (Å²) in [6.07, 6.45) is 2.92. The molecular formula is C45H54N6O7. The number of carbonyl (C=O) groups excluding carboxylic acids is 5. The normalized spacial score (nSPS) is 15.2. The summed E-state index contributed by atoms with van der Waals surface area (Å²) in [7, 11) is 0. The van der Waals surface area contributed by atoms with Crippen molar-refractivity contribution in [2.45, 2.75) is 82.6 Å². The smallest absolute Gasteiger partial charge is 0.243 e. The van der Waals surface area contributed by atoms with Crippen molar-refractivity contribution in [1.82, 2.24) is 26.2 Å². The van der Waals surface area contributed by atoms with E-state index < -0.39 is 47.8 Å². The molecule has 1 fully saturated rings. The number of nitrogens with two attached hydrogens (primary N) is 1. The number of para-hydroxylation sites is 1. The van der Waals surface area contributed by atoms with Crippen LogP contribution in [-0.2, 0) is 43.2 Å². The number of primary amides is 1. The van der Waals surface area contributed by atoms with Gasteiger partial charge in [-0.2, -0.15) is 0 Å². The predicted octanol–water partition coefficient (Wildman–Crippen LogP) is 3.17. The molecule has 0 saturated carbocycles. The molecule has 0 spiro atoms. The lowest BCUT2D eigenvalue weighted by molar-refractivity contribution is -0.133. The van der Waals surface area contributed by atoms with E-state index in [1.165, 1.54) is 31.5 Å². The first-order valence-corrected chi connectivity index (χ1v) is 19.8. The SMILES string of the molecule is C[C@H](NC(=O)[C@H](C)NC(=O)[C@H](Cc1ccc(O)cc1)NC(=O)CCN1CCC(Oc2ccccc2Cc2ccccc2)CC1)C(=O)N[C@H](Cc1ccccc1)C(N)=O. The van der Waals surface area contributed by atoms with E-state index in [4.69, 9.17) is 10.5 Å². The second-order valence-electron chi connectivity index (χ2n) is 14.8. The molecule has 1 aliphatic rings. The standard InChI is InChI=1S/C45H54N6O7/c1-30(43(55)47-31(2)44(56)50-38(42(46)54)28-33-13-7-4-8-14-33)48-45(57)39(29-34-17-19-36(52)20-18-34)49-41(53)23-26-51-24-21-37(22-25-51)58-40-16-10-9-15-35(40)27-32-11-5-3-6-12-32/h3-20,30-31,37-39,52H,21-29H2,1-2H3,(H2,46,54)(H,47,55)(H,48,57)(H,49,53)(H,50,56)/t30-,31-,38+,39-/m0/s1. The fourth-order valence-corrected chi connectivity index (χ4v) is 6.77. The van der Waals surface area contributed by atoms with Gasteiger partial charge in [-0.1, -0.05) is 91.0 Å². The molecule has 4 aromatic carbocycles. The maximum absolute atomic E-state index is 13.6. The number of benzene rings is 4. The average molecular weight is 791 g/mol. The number of hydrogen-bond donors (Lipinski definition) is 6. The number of amides is 5. The molecule has 4 atom stereocenters. The molecule has 13 heteroatoms. The number of hydrogen-bond acceptors (Lipinski definition) is 8. The number of phenolic OH excluding ortho intramolecular Hbond substituents is 1. The van der Waals surface area contributed by atoms with Crippen LogP contribution in [0.2, 0.25) is 0 Å². The first-order chi connectivity index (χ1) is 27.9. The summed E-state index contributed by atoms with van der Waals surface area (Å²) in [5.41, 5.74) is 9.38. The Kier molecular flexibility index (Phi) is 15.8. The molecule has 0 unspecified atom stereocenters. The minimum Gasteiger partial charge on any atom is -0.508 e. The number of phenols is 1.